The van der Waals surface area contributed by atoms with Crippen LogP contribution in [0.5, 0.6) is 0 Å². The topological polar surface area (TPSA) is 24.1 Å². The Bertz CT molecular complexity index is 520. The normalized spacial score (nSPS) is 27.6. The summed E-state index contributed by atoms with van der Waals surface area (Å²) in [5.74, 6) is -0.112. The minimum atomic E-state index is -0.112. The summed E-state index contributed by atoms with van der Waals surface area (Å²) in [6, 6.07) is 6.15. The van der Waals surface area contributed by atoms with Gasteiger partial charge in [-0.25, -0.2) is 4.39 Å². The summed E-state index contributed by atoms with van der Waals surface area (Å²) in [6.45, 7) is 9.11. The molecule has 1 heterocycles. The average Bonchev–Trinajstić information content (AvgIpc) is 2.67. The van der Waals surface area contributed by atoms with Gasteiger partial charge in [-0.15, -0.1) is 0 Å². The number of fused-ring (bicyclic) bond motifs is 1. The lowest BCUT2D eigenvalue weighted by Crippen LogP contribution is -2.61. The van der Waals surface area contributed by atoms with E-state index in [1.54, 1.807) is 12.1 Å². The first-order valence-corrected chi connectivity index (χ1v) is 8.08. The van der Waals surface area contributed by atoms with Crippen molar-refractivity contribution in [2.45, 2.75) is 76.5 Å². The first-order valence-electron chi connectivity index (χ1n) is 8.08. The molecule has 1 aliphatic heterocycles. The summed E-state index contributed by atoms with van der Waals surface area (Å²) in [5.41, 5.74) is 2.79. The van der Waals surface area contributed by atoms with Gasteiger partial charge in [0.15, 0.2) is 0 Å². The fourth-order valence-electron chi connectivity index (χ4n) is 4.48. The second-order valence-electron chi connectivity index (χ2n) is 8.10. The molecule has 116 valence electrons. The van der Waals surface area contributed by atoms with Crippen molar-refractivity contribution in [3.05, 3.63) is 35.1 Å². The molecule has 1 unspecified atom stereocenters. The highest BCUT2D eigenvalue weighted by Crippen LogP contribution is 2.35. The number of benzene rings is 1. The van der Waals surface area contributed by atoms with E-state index in [-0.39, 0.29) is 16.9 Å². The maximum absolute atomic E-state index is 13.3. The van der Waals surface area contributed by atoms with Crippen LogP contribution in [0.3, 0.4) is 0 Å². The van der Waals surface area contributed by atoms with Crippen molar-refractivity contribution in [2.24, 2.45) is 0 Å². The quantitative estimate of drug-likeness (QED) is 0.867. The molecule has 2 nitrogen and oxygen atoms in total. The van der Waals surface area contributed by atoms with Crippen LogP contribution < -0.4 is 10.6 Å². The molecular weight excluding hydrogens is 263 g/mol. The number of aryl methyl sites for hydroxylation is 1. The van der Waals surface area contributed by atoms with Crippen LogP contribution in [0.4, 0.5) is 4.39 Å². The van der Waals surface area contributed by atoms with E-state index in [1.807, 2.05) is 6.07 Å². The number of rotatable bonds is 2. The SMILES string of the molecule is CC1(C)CC(NC2CCc3cc(F)ccc32)CC(C)(C)N1. The highest BCUT2D eigenvalue weighted by atomic mass is 19.1. The van der Waals surface area contributed by atoms with E-state index in [9.17, 15) is 4.39 Å². The van der Waals surface area contributed by atoms with Crippen LogP contribution in [0.15, 0.2) is 18.2 Å². The molecule has 3 rings (SSSR count). The molecule has 1 aromatic carbocycles. The van der Waals surface area contributed by atoms with Gasteiger partial charge in [0.1, 0.15) is 5.82 Å². The molecule has 2 aliphatic rings. The second-order valence-corrected chi connectivity index (χ2v) is 8.10. The summed E-state index contributed by atoms with van der Waals surface area (Å²) < 4.78 is 13.3. The van der Waals surface area contributed by atoms with E-state index in [0.29, 0.717) is 12.1 Å². The van der Waals surface area contributed by atoms with E-state index < -0.39 is 0 Å². The van der Waals surface area contributed by atoms with Crippen LogP contribution in [0, 0.1) is 5.82 Å². The molecule has 1 fully saturated rings. The molecular formula is C18H27FN2. The van der Waals surface area contributed by atoms with Gasteiger partial charge in [-0.1, -0.05) is 6.07 Å². The Labute approximate surface area is 127 Å². The Morgan fingerprint density at radius 3 is 2.48 bits per heavy atom. The highest BCUT2D eigenvalue weighted by molar-refractivity contribution is 5.35. The van der Waals surface area contributed by atoms with Gasteiger partial charge in [0, 0.05) is 23.2 Å². The third-order valence-corrected chi connectivity index (χ3v) is 4.81. The molecule has 0 aromatic heterocycles. The van der Waals surface area contributed by atoms with Crippen LogP contribution in [0.2, 0.25) is 0 Å². The van der Waals surface area contributed by atoms with E-state index in [0.717, 1.165) is 25.7 Å². The number of hydrogen-bond acceptors (Lipinski definition) is 2. The maximum Gasteiger partial charge on any atom is 0.123 e. The largest absolute Gasteiger partial charge is 0.307 e. The van der Waals surface area contributed by atoms with Gasteiger partial charge in [0.05, 0.1) is 0 Å². The molecule has 1 aliphatic carbocycles. The van der Waals surface area contributed by atoms with Crippen molar-refractivity contribution in [1.82, 2.24) is 10.6 Å². The predicted molar refractivity (Wildman–Crippen MR) is 84.9 cm³/mol. The molecule has 0 amide bonds. The first kappa shape index (κ1) is 15.0. The average molecular weight is 290 g/mol. The molecule has 21 heavy (non-hydrogen) atoms. The van der Waals surface area contributed by atoms with Crippen LogP contribution in [0.1, 0.15) is 64.1 Å². The molecule has 0 spiro atoms. The van der Waals surface area contributed by atoms with E-state index in [1.165, 1.54) is 11.1 Å². The number of hydrogen-bond donors (Lipinski definition) is 2. The van der Waals surface area contributed by atoms with Crippen LogP contribution in [-0.2, 0) is 6.42 Å². The number of nitrogens with one attached hydrogen (secondary N) is 2. The van der Waals surface area contributed by atoms with Crippen LogP contribution in [-0.4, -0.2) is 17.1 Å². The van der Waals surface area contributed by atoms with E-state index in [2.05, 4.69) is 38.3 Å². The van der Waals surface area contributed by atoms with Crippen molar-refractivity contribution in [3.8, 4) is 0 Å². The fourth-order valence-corrected chi connectivity index (χ4v) is 4.48. The molecule has 3 heteroatoms. The van der Waals surface area contributed by atoms with Crippen molar-refractivity contribution < 1.29 is 4.39 Å². The Morgan fingerprint density at radius 2 is 1.81 bits per heavy atom. The third-order valence-electron chi connectivity index (χ3n) is 4.81. The first-order chi connectivity index (χ1) is 9.74. The Balaban J connectivity index is 1.74. The number of piperidine rings is 1. The third kappa shape index (κ3) is 3.29. The summed E-state index contributed by atoms with van der Waals surface area (Å²) >= 11 is 0. The van der Waals surface area contributed by atoms with Gasteiger partial charge in [-0.3, -0.25) is 0 Å². The molecule has 1 atom stereocenters. The maximum atomic E-state index is 13.3. The van der Waals surface area contributed by atoms with Crippen molar-refractivity contribution >= 4 is 0 Å². The molecule has 1 saturated heterocycles. The zero-order chi connectivity index (χ0) is 15.3. The highest BCUT2D eigenvalue weighted by Gasteiger charge is 2.38. The second kappa shape index (κ2) is 5.06. The van der Waals surface area contributed by atoms with Crippen LogP contribution >= 0.6 is 0 Å². The van der Waals surface area contributed by atoms with Crippen molar-refractivity contribution in [2.75, 3.05) is 0 Å². The van der Waals surface area contributed by atoms with Gasteiger partial charge in [0.25, 0.3) is 0 Å². The predicted octanol–water partition coefficient (Wildman–Crippen LogP) is 3.71. The van der Waals surface area contributed by atoms with Gasteiger partial charge in [-0.05, 0) is 76.6 Å². The Morgan fingerprint density at radius 1 is 1.14 bits per heavy atom. The zero-order valence-corrected chi connectivity index (χ0v) is 13.6. The lowest BCUT2D eigenvalue weighted by Gasteiger charge is -2.47. The Hall–Kier alpha value is -0.930. The minimum Gasteiger partial charge on any atom is -0.307 e. The number of halogens is 1. The van der Waals surface area contributed by atoms with Crippen LogP contribution in [0.25, 0.3) is 0 Å². The minimum absolute atomic E-state index is 0.112. The summed E-state index contributed by atoms with van der Waals surface area (Å²) in [6.07, 6.45) is 4.33. The smallest absolute Gasteiger partial charge is 0.123 e. The summed E-state index contributed by atoms with van der Waals surface area (Å²) in [5, 5.41) is 7.57. The lowest BCUT2D eigenvalue weighted by molar-refractivity contribution is 0.139. The van der Waals surface area contributed by atoms with Gasteiger partial charge < -0.3 is 10.6 Å². The summed E-state index contributed by atoms with van der Waals surface area (Å²) in [4.78, 5) is 0. The van der Waals surface area contributed by atoms with Gasteiger partial charge >= 0.3 is 0 Å². The molecule has 0 radical (unpaired) electrons. The standard InChI is InChI=1S/C18H27FN2/c1-17(2)10-14(11-18(3,4)21-17)20-16-8-5-12-9-13(19)6-7-15(12)16/h6-7,9,14,16,20-21H,5,8,10-11H2,1-4H3. The summed E-state index contributed by atoms with van der Waals surface area (Å²) in [7, 11) is 0. The monoisotopic (exact) mass is 290 g/mol. The lowest BCUT2D eigenvalue weighted by atomic mass is 9.79. The molecule has 2 N–H and O–H groups in total. The van der Waals surface area contributed by atoms with E-state index in [4.69, 9.17) is 0 Å². The fraction of sp³-hybridized carbons (Fsp3) is 0.667. The van der Waals surface area contributed by atoms with E-state index >= 15 is 0 Å². The zero-order valence-electron chi connectivity index (χ0n) is 13.6. The van der Waals surface area contributed by atoms with Gasteiger partial charge in [0.2, 0.25) is 0 Å². The molecule has 0 bridgehead atoms. The Kier molecular flexibility index (Phi) is 3.61. The van der Waals surface area contributed by atoms with Crippen molar-refractivity contribution in [3.63, 3.8) is 0 Å². The molecule has 1 aromatic rings. The van der Waals surface area contributed by atoms with Gasteiger partial charge in [-0.2, -0.15) is 0 Å². The molecule has 0 saturated carbocycles. The van der Waals surface area contributed by atoms with Crippen molar-refractivity contribution in [1.29, 1.82) is 0 Å².